The van der Waals surface area contributed by atoms with Crippen molar-refractivity contribution in [2.24, 2.45) is 0 Å². The minimum atomic E-state index is -0.665. The molecule has 2 aliphatic heterocycles. The molecule has 0 aliphatic carbocycles. The third-order valence-corrected chi connectivity index (χ3v) is 3.64. The van der Waals surface area contributed by atoms with Gasteiger partial charge in [-0.25, -0.2) is 0 Å². The van der Waals surface area contributed by atoms with Crippen LogP contribution in [0.25, 0.3) is 0 Å². The molecule has 2 saturated heterocycles. The standard InChI is InChI=1S/C14H26N2O5/c1-9(18)16-11-12-10(20-14(2,3)21-12)8-19-13(11)15-6-4-5-7-17/h10-13,15,17H,4-8H2,1-3H3,(H,16,18)/t10-,11+,12-,13?/m0/s1. The lowest BCUT2D eigenvalue weighted by molar-refractivity contribution is -0.148. The minimum absolute atomic E-state index is 0.125. The molecule has 7 nitrogen and oxygen atoms in total. The number of nitrogens with one attached hydrogen (secondary N) is 2. The van der Waals surface area contributed by atoms with Crippen molar-refractivity contribution in [2.45, 2.75) is 63.9 Å². The number of carbonyl (C=O) groups is 1. The summed E-state index contributed by atoms with van der Waals surface area (Å²) in [6.45, 7) is 6.52. The largest absolute Gasteiger partial charge is 0.396 e. The highest BCUT2D eigenvalue weighted by atomic mass is 16.8. The molecule has 1 unspecified atom stereocenters. The van der Waals surface area contributed by atoms with Gasteiger partial charge in [-0.3, -0.25) is 10.1 Å². The molecule has 2 aliphatic rings. The number of hydrogen-bond acceptors (Lipinski definition) is 6. The Morgan fingerprint density at radius 1 is 1.33 bits per heavy atom. The number of aliphatic hydroxyl groups is 1. The summed E-state index contributed by atoms with van der Waals surface area (Å²) in [4.78, 5) is 11.5. The average molecular weight is 302 g/mol. The summed E-state index contributed by atoms with van der Waals surface area (Å²) in [5, 5.41) is 15.0. The van der Waals surface area contributed by atoms with Gasteiger partial charge < -0.3 is 24.6 Å². The van der Waals surface area contributed by atoms with Crippen molar-refractivity contribution >= 4 is 5.91 Å². The molecule has 2 heterocycles. The Kier molecular flexibility index (Phi) is 5.56. The van der Waals surface area contributed by atoms with Crippen LogP contribution in [0.15, 0.2) is 0 Å². The van der Waals surface area contributed by atoms with Gasteiger partial charge >= 0.3 is 0 Å². The molecule has 7 heteroatoms. The van der Waals surface area contributed by atoms with Crippen molar-refractivity contribution in [2.75, 3.05) is 19.8 Å². The Morgan fingerprint density at radius 3 is 2.76 bits per heavy atom. The Bertz CT molecular complexity index is 363. The molecule has 1 amide bonds. The van der Waals surface area contributed by atoms with E-state index in [2.05, 4.69) is 10.6 Å². The van der Waals surface area contributed by atoms with Crippen molar-refractivity contribution in [3.05, 3.63) is 0 Å². The number of unbranched alkanes of at least 4 members (excludes halogenated alkanes) is 1. The van der Waals surface area contributed by atoms with Gasteiger partial charge in [0, 0.05) is 13.5 Å². The monoisotopic (exact) mass is 302 g/mol. The fourth-order valence-electron chi connectivity index (χ4n) is 2.83. The summed E-state index contributed by atoms with van der Waals surface area (Å²) in [6, 6.07) is -0.294. The van der Waals surface area contributed by atoms with Crippen LogP contribution in [0, 0.1) is 0 Å². The van der Waals surface area contributed by atoms with Gasteiger partial charge in [0.05, 0.1) is 12.6 Å². The van der Waals surface area contributed by atoms with E-state index in [0.29, 0.717) is 13.2 Å². The first-order valence-electron chi connectivity index (χ1n) is 7.51. The Balaban J connectivity index is 1.98. The van der Waals surface area contributed by atoms with Gasteiger partial charge in [-0.2, -0.15) is 0 Å². The summed E-state index contributed by atoms with van der Waals surface area (Å²) in [5.41, 5.74) is 0. The zero-order chi connectivity index (χ0) is 15.5. The fourth-order valence-corrected chi connectivity index (χ4v) is 2.83. The van der Waals surface area contributed by atoms with E-state index in [1.165, 1.54) is 6.92 Å². The SMILES string of the molecule is CC(=O)N[C@H]1C(NCCCCO)OC[C@@H]2OC(C)(C)O[C@@H]21. The molecular weight excluding hydrogens is 276 g/mol. The Morgan fingerprint density at radius 2 is 2.10 bits per heavy atom. The van der Waals surface area contributed by atoms with Gasteiger partial charge in [-0.05, 0) is 33.2 Å². The number of amides is 1. The molecule has 2 fully saturated rings. The molecule has 0 radical (unpaired) electrons. The van der Waals surface area contributed by atoms with Gasteiger partial charge in [0.25, 0.3) is 0 Å². The zero-order valence-electron chi connectivity index (χ0n) is 12.9. The first-order valence-corrected chi connectivity index (χ1v) is 7.51. The maximum Gasteiger partial charge on any atom is 0.217 e. The lowest BCUT2D eigenvalue weighted by atomic mass is 10.0. The highest BCUT2D eigenvalue weighted by Gasteiger charge is 2.51. The van der Waals surface area contributed by atoms with E-state index in [1.807, 2.05) is 13.8 Å². The summed E-state index contributed by atoms with van der Waals surface area (Å²) in [6.07, 6.45) is 0.871. The van der Waals surface area contributed by atoms with Gasteiger partial charge in [-0.1, -0.05) is 0 Å². The predicted octanol–water partition coefficient (Wildman–Crippen LogP) is -0.270. The summed E-state index contributed by atoms with van der Waals surface area (Å²) < 4.78 is 17.5. The van der Waals surface area contributed by atoms with E-state index in [1.54, 1.807) is 0 Å². The van der Waals surface area contributed by atoms with Crippen LogP contribution in [0.5, 0.6) is 0 Å². The highest BCUT2D eigenvalue weighted by Crippen LogP contribution is 2.33. The Hall–Kier alpha value is -0.730. The van der Waals surface area contributed by atoms with Crippen LogP contribution >= 0.6 is 0 Å². The second-order valence-corrected chi connectivity index (χ2v) is 6.00. The van der Waals surface area contributed by atoms with Crippen LogP contribution in [0.2, 0.25) is 0 Å². The maximum absolute atomic E-state index is 11.5. The van der Waals surface area contributed by atoms with Gasteiger partial charge in [0.2, 0.25) is 5.91 Å². The first kappa shape index (κ1) is 16.6. The van der Waals surface area contributed by atoms with Crippen LogP contribution in [0.3, 0.4) is 0 Å². The van der Waals surface area contributed by atoms with Gasteiger partial charge in [0.1, 0.15) is 18.4 Å². The van der Waals surface area contributed by atoms with Crippen molar-refractivity contribution in [3.8, 4) is 0 Å². The third kappa shape index (κ3) is 4.37. The number of rotatable bonds is 6. The zero-order valence-corrected chi connectivity index (χ0v) is 12.9. The van der Waals surface area contributed by atoms with Crippen LogP contribution < -0.4 is 10.6 Å². The van der Waals surface area contributed by atoms with Crippen molar-refractivity contribution in [1.82, 2.24) is 10.6 Å². The van der Waals surface area contributed by atoms with Crippen LogP contribution in [-0.4, -0.2) is 61.0 Å². The first-order chi connectivity index (χ1) is 9.93. The maximum atomic E-state index is 11.5. The normalized spacial score (nSPS) is 34.5. The highest BCUT2D eigenvalue weighted by molar-refractivity contribution is 5.73. The van der Waals surface area contributed by atoms with E-state index in [-0.39, 0.29) is 37.0 Å². The lowest BCUT2D eigenvalue weighted by Crippen LogP contribution is -2.63. The number of hydrogen-bond donors (Lipinski definition) is 3. The van der Waals surface area contributed by atoms with E-state index >= 15 is 0 Å². The molecule has 122 valence electrons. The third-order valence-electron chi connectivity index (χ3n) is 3.64. The molecule has 0 bridgehead atoms. The smallest absolute Gasteiger partial charge is 0.217 e. The molecule has 3 N–H and O–H groups in total. The summed E-state index contributed by atoms with van der Waals surface area (Å²) in [7, 11) is 0. The van der Waals surface area contributed by atoms with Gasteiger partial charge in [0.15, 0.2) is 5.79 Å². The molecular formula is C14H26N2O5. The molecule has 4 atom stereocenters. The number of aliphatic hydroxyl groups excluding tert-OH is 1. The number of carbonyl (C=O) groups excluding carboxylic acids is 1. The quantitative estimate of drug-likeness (QED) is 0.585. The van der Waals surface area contributed by atoms with E-state index < -0.39 is 5.79 Å². The predicted molar refractivity (Wildman–Crippen MR) is 75.5 cm³/mol. The fraction of sp³-hybridized carbons (Fsp3) is 0.929. The van der Waals surface area contributed by atoms with E-state index in [9.17, 15) is 4.79 Å². The number of fused-ring (bicyclic) bond motifs is 1. The van der Waals surface area contributed by atoms with Crippen LogP contribution in [0.1, 0.15) is 33.6 Å². The van der Waals surface area contributed by atoms with Crippen LogP contribution in [0.4, 0.5) is 0 Å². The van der Waals surface area contributed by atoms with Gasteiger partial charge in [-0.15, -0.1) is 0 Å². The Labute approximate surface area is 125 Å². The molecule has 0 aromatic rings. The summed E-state index contributed by atoms with van der Waals surface area (Å²) >= 11 is 0. The number of ether oxygens (including phenoxy) is 3. The molecule has 0 spiro atoms. The molecule has 2 rings (SSSR count). The van der Waals surface area contributed by atoms with Crippen molar-refractivity contribution < 1.29 is 24.1 Å². The topological polar surface area (TPSA) is 89.1 Å². The molecule has 0 aromatic heterocycles. The lowest BCUT2D eigenvalue weighted by Gasteiger charge is -2.38. The second kappa shape index (κ2) is 7.02. The molecule has 0 aromatic carbocycles. The average Bonchev–Trinajstić information content (AvgIpc) is 2.71. The second-order valence-electron chi connectivity index (χ2n) is 6.00. The summed E-state index contributed by atoms with van der Waals surface area (Å²) in [5.74, 6) is -0.791. The molecule has 21 heavy (non-hydrogen) atoms. The van der Waals surface area contributed by atoms with E-state index in [0.717, 1.165) is 12.8 Å². The van der Waals surface area contributed by atoms with E-state index in [4.69, 9.17) is 19.3 Å². The van der Waals surface area contributed by atoms with Crippen molar-refractivity contribution in [3.63, 3.8) is 0 Å². The minimum Gasteiger partial charge on any atom is -0.396 e. The van der Waals surface area contributed by atoms with Crippen LogP contribution in [-0.2, 0) is 19.0 Å². The van der Waals surface area contributed by atoms with Crippen molar-refractivity contribution in [1.29, 1.82) is 0 Å². The molecule has 0 saturated carbocycles.